The van der Waals surface area contributed by atoms with Crippen molar-refractivity contribution in [2.75, 3.05) is 0 Å². The third kappa shape index (κ3) is 9.12. The van der Waals surface area contributed by atoms with E-state index < -0.39 is 0 Å². The molecule has 0 radical (unpaired) electrons. The van der Waals surface area contributed by atoms with Crippen molar-refractivity contribution in [3.05, 3.63) is 216 Å². The SMILES string of the molecule is Cc1ccc2c(n1)oc1c2c(C)nc2oc3c(-c4nc5ccccc5n4-c4c(C(C)C)cc(-c5ccccc5)cc4C(C)C)[c-]c(Oc4[c-]c(-c5nc6ccccc6n5-c5c(C(C)C)cc(-c6ccccc6)cc5C(C)C)ccc4)cc3c21.[Pt+2]. The van der Waals surface area contributed by atoms with Gasteiger partial charge in [0.2, 0.25) is 11.4 Å². The monoisotopic (exact) mass is 1280 g/mol. The Morgan fingerprint density at radius 3 is 1.50 bits per heavy atom. The molecule has 0 saturated heterocycles. The summed E-state index contributed by atoms with van der Waals surface area (Å²) in [7, 11) is 0. The first kappa shape index (κ1) is 54.3. The Kier molecular flexibility index (Phi) is 13.8. The van der Waals surface area contributed by atoms with Crippen molar-refractivity contribution in [1.82, 2.24) is 29.1 Å². The van der Waals surface area contributed by atoms with Crippen molar-refractivity contribution in [3.63, 3.8) is 0 Å². The summed E-state index contributed by atoms with van der Waals surface area (Å²) in [5.41, 5.74) is 20.7. The van der Waals surface area contributed by atoms with Gasteiger partial charge in [-0.1, -0.05) is 164 Å². The van der Waals surface area contributed by atoms with Crippen LogP contribution in [0.1, 0.15) is 113 Å². The van der Waals surface area contributed by atoms with Gasteiger partial charge >= 0.3 is 21.1 Å². The number of fused-ring (bicyclic) bond motifs is 9. The van der Waals surface area contributed by atoms with Gasteiger partial charge in [0.1, 0.15) is 0 Å². The molecule has 0 saturated carbocycles. The van der Waals surface area contributed by atoms with Gasteiger partial charge in [0, 0.05) is 28.6 Å². The number of pyridine rings is 2. The van der Waals surface area contributed by atoms with Crippen molar-refractivity contribution < 1.29 is 34.6 Å². The van der Waals surface area contributed by atoms with Crippen LogP contribution in [0.25, 0.3) is 123 Å². The van der Waals surface area contributed by atoms with E-state index in [2.05, 4.69) is 216 Å². The Bertz CT molecular complexity index is 4810. The minimum atomic E-state index is 0. The molecule has 0 aliphatic rings. The predicted molar refractivity (Wildman–Crippen MR) is 338 cm³/mol. The van der Waals surface area contributed by atoms with E-state index in [1.807, 2.05) is 44.2 Å². The Morgan fingerprint density at radius 1 is 0.429 bits per heavy atom. The summed E-state index contributed by atoms with van der Waals surface area (Å²) < 4.78 is 25.7. The smallest absolute Gasteiger partial charge is 0.497 e. The van der Waals surface area contributed by atoms with Crippen LogP contribution in [0.4, 0.5) is 0 Å². The quantitative estimate of drug-likeness (QED) is 0.112. The number of aryl methyl sites for hydroxylation is 2. The molecule has 0 N–H and O–H groups in total. The van der Waals surface area contributed by atoms with E-state index in [0.717, 1.165) is 72.4 Å². The Hall–Kier alpha value is -8.91. The van der Waals surface area contributed by atoms with Gasteiger partial charge in [0.25, 0.3) is 0 Å². The molecule has 0 spiro atoms. The van der Waals surface area contributed by atoms with Crippen LogP contribution in [0.3, 0.4) is 0 Å². The van der Waals surface area contributed by atoms with Gasteiger partial charge in [-0.15, -0.1) is 23.8 Å². The Labute approximate surface area is 503 Å². The Balaban J connectivity index is 0.00000658. The summed E-state index contributed by atoms with van der Waals surface area (Å²) in [6, 6.07) is 67.1. The molecule has 14 aromatic rings. The van der Waals surface area contributed by atoms with Crippen LogP contribution < -0.4 is 4.74 Å². The fourth-order valence-electron chi connectivity index (χ4n) is 12.3. The fraction of sp³-hybridized carbons (Fsp3) is 0.189. The van der Waals surface area contributed by atoms with Crippen LogP contribution in [0.15, 0.2) is 179 Å². The van der Waals surface area contributed by atoms with Gasteiger partial charge in [0.15, 0.2) is 5.58 Å². The molecule has 6 aromatic heterocycles. The van der Waals surface area contributed by atoms with Crippen LogP contribution >= 0.6 is 0 Å². The molecular formula is C74H62N6O3Pt. The van der Waals surface area contributed by atoms with Gasteiger partial charge in [0.05, 0.1) is 61.2 Å². The summed E-state index contributed by atoms with van der Waals surface area (Å²) in [5, 5.41) is 3.22. The number of para-hydroxylation sites is 4. The van der Waals surface area contributed by atoms with Gasteiger partial charge in [-0.25, -0.2) is 9.97 Å². The third-order valence-electron chi connectivity index (χ3n) is 16.3. The zero-order chi connectivity index (χ0) is 56.9. The maximum Gasteiger partial charge on any atom is 2.00 e. The van der Waals surface area contributed by atoms with E-state index in [0.29, 0.717) is 50.9 Å². The molecule has 0 fully saturated rings. The first-order chi connectivity index (χ1) is 40.3. The Morgan fingerprint density at radius 2 is 0.940 bits per heavy atom. The van der Waals surface area contributed by atoms with Gasteiger partial charge in [-0.2, -0.15) is 0 Å². The van der Waals surface area contributed by atoms with Gasteiger partial charge in [-0.05, 0) is 148 Å². The first-order valence-corrected chi connectivity index (χ1v) is 28.9. The minimum Gasteiger partial charge on any atom is -0.497 e. The second-order valence-corrected chi connectivity index (χ2v) is 23.2. The van der Waals surface area contributed by atoms with Crippen molar-refractivity contribution >= 4 is 66.2 Å². The van der Waals surface area contributed by atoms with Crippen molar-refractivity contribution in [2.45, 2.75) is 92.9 Å². The van der Waals surface area contributed by atoms with Crippen LogP contribution in [-0.4, -0.2) is 29.1 Å². The van der Waals surface area contributed by atoms with E-state index in [4.69, 9.17) is 33.5 Å². The van der Waals surface area contributed by atoms with Crippen LogP contribution in [-0.2, 0) is 21.1 Å². The molecule has 6 heterocycles. The maximum absolute atomic E-state index is 7.17. The van der Waals surface area contributed by atoms with Gasteiger partial charge < -0.3 is 22.7 Å². The first-order valence-electron chi connectivity index (χ1n) is 28.9. The number of ether oxygens (including phenoxy) is 1. The molecule has 0 bridgehead atoms. The maximum atomic E-state index is 7.17. The number of imidazole rings is 2. The largest absolute Gasteiger partial charge is 2.00 e. The number of aromatic nitrogens is 6. The van der Waals surface area contributed by atoms with E-state index in [1.54, 1.807) is 0 Å². The van der Waals surface area contributed by atoms with Crippen LogP contribution in [0.5, 0.6) is 11.5 Å². The van der Waals surface area contributed by atoms with Crippen LogP contribution in [0, 0.1) is 26.0 Å². The molecule has 0 unspecified atom stereocenters. The zero-order valence-electron chi connectivity index (χ0n) is 48.7. The molecule has 10 heteroatoms. The number of hydrogen-bond acceptors (Lipinski definition) is 7. The molecule has 9 nitrogen and oxygen atoms in total. The molecule has 8 aromatic carbocycles. The molecular weight excluding hydrogens is 1220 g/mol. The average molecular weight is 1280 g/mol. The topological polar surface area (TPSA) is 96.9 Å². The third-order valence-corrected chi connectivity index (χ3v) is 16.3. The van der Waals surface area contributed by atoms with Crippen molar-refractivity contribution in [1.29, 1.82) is 0 Å². The standard InChI is InChI=1S/C74H62N6O3.Pt/c1-41(2)55-35-50(47-22-13-11-14-23-47)36-56(42(3)4)67(55)79-63-30-19-17-28-61(63)77-71(79)49-26-21-27-52(34-49)81-53-39-59-66-70-65(54-33-32-45(9)75-73(54)83-70)46(10)76-74(66)82-69(59)60(40-53)72-78-62-29-18-20-31-64(62)80(72)68-57(43(5)6)37-51(38-58(68)44(7)8)48-24-15-12-16-25-48;/h11-33,35-39,41-44H,1-10H3;/q-2;+2. The molecule has 14 rings (SSSR count). The van der Waals surface area contributed by atoms with Gasteiger partial charge in [-0.3, -0.25) is 9.97 Å². The predicted octanol–water partition coefficient (Wildman–Crippen LogP) is 20.1. The van der Waals surface area contributed by atoms with E-state index in [1.165, 1.54) is 44.5 Å². The molecule has 0 aliphatic heterocycles. The average Bonchev–Trinajstić information content (AvgIpc) is 2.14. The summed E-state index contributed by atoms with van der Waals surface area (Å²) in [5.74, 6) is 3.03. The fourth-order valence-corrected chi connectivity index (χ4v) is 12.3. The van der Waals surface area contributed by atoms with Crippen LogP contribution in [0.2, 0.25) is 0 Å². The van der Waals surface area contributed by atoms with E-state index in [9.17, 15) is 0 Å². The molecule has 84 heavy (non-hydrogen) atoms. The normalized spacial score (nSPS) is 12.0. The minimum absolute atomic E-state index is 0. The summed E-state index contributed by atoms with van der Waals surface area (Å²) in [4.78, 5) is 21.0. The zero-order valence-corrected chi connectivity index (χ0v) is 51.0. The summed E-state index contributed by atoms with van der Waals surface area (Å²) >= 11 is 0. The van der Waals surface area contributed by atoms with E-state index in [-0.39, 0.29) is 44.7 Å². The number of hydrogen-bond donors (Lipinski definition) is 0. The van der Waals surface area contributed by atoms with Crippen molar-refractivity contribution in [2.24, 2.45) is 0 Å². The summed E-state index contributed by atoms with van der Waals surface area (Å²) in [6.45, 7) is 22.2. The second kappa shape index (κ2) is 21.4. The number of rotatable bonds is 12. The second-order valence-electron chi connectivity index (χ2n) is 23.2. The molecule has 416 valence electrons. The number of benzene rings is 8. The van der Waals surface area contributed by atoms with Crippen molar-refractivity contribution in [3.8, 4) is 67.9 Å². The molecule has 0 aliphatic carbocycles. The number of nitrogens with zero attached hydrogens (tertiary/aromatic N) is 6. The number of furan rings is 2. The molecule has 0 amide bonds. The summed E-state index contributed by atoms with van der Waals surface area (Å²) in [6.07, 6.45) is 0. The van der Waals surface area contributed by atoms with E-state index >= 15 is 0 Å². The molecule has 0 atom stereocenters.